The number of anilines is 1. The largest absolute Gasteiger partial charge is 0.465 e. The Morgan fingerprint density at radius 3 is 2.60 bits per heavy atom. The lowest BCUT2D eigenvalue weighted by Crippen LogP contribution is -2.34. The molecule has 0 fully saturated rings. The van der Waals surface area contributed by atoms with E-state index in [2.05, 4.69) is 19.9 Å². The minimum atomic E-state index is -4.11. The second-order valence-electron chi connectivity index (χ2n) is 5.14. The van der Waals surface area contributed by atoms with Crippen LogP contribution in [-0.2, 0) is 19.6 Å². The maximum Gasteiger partial charge on any atom is 0.339 e. The van der Waals surface area contributed by atoms with Crippen LogP contribution in [0.5, 0.6) is 0 Å². The number of aromatic nitrogens is 1. The molecule has 134 valence electrons. The quantitative estimate of drug-likeness (QED) is 0.729. The highest BCUT2D eigenvalue weighted by molar-refractivity contribution is 7.89. The van der Waals surface area contributed by atoms with Crippen LogP contribution in [0.3, 0.4) is 0 Å². The average molecular weight is 367 g/mol. The van der Waals surface area contributed by atoms with Gasteiger partial charge in [-0.3, -0.25) is 4.79 Å². The summed E-state index contributed by atoms with van der Waals surface area (Å²) in [5.74, 6) is -0.747. The van der Waals surface area contributed by atoms with Crippen LogP contribution in [0.2, 0.25) is 0 Å². The molecule has 0 bridgehead atoms. The molecule has 0 unspecified atom stereocenters. The number of carbonyl (C=O) groups is 2. The number of nitrogens with one attached hydrogen (secondary N) is 2. The predicted octanol–water partition coefficient (Wildman–Crippen LogP) is 0.995. The van der Waals surface area contributed by atoms with E-state index < -0.39 is 28.4 Å². The van der Waals surface area contributed by atoms with Crippen molar-refractivity contribution in [1.82, 2.24) is 9.88 Å². The number of nitrogens with zero attached hydrogens (tertiary/aromatic N) is 1. The van der Waals surface area contributed by atoms with Gasteiger partial charge in [0.1, 0.15) is 5.76 Å². The predicted molar refractivity (Wildman–Crippen MR) is 87.6 cm³/mol. The van der Waals surface area contributed by atoms with Crippen molar-refractivity contribution in [3.05, 3.63) is 41.2 Å². The van der Waals surface area contributed by atoms with Gasteiger partial charge in [0.2, 0.25) is 15.9 Å². The number of ether oxygens (including phenoxy) is 1. The molecule has 1 amide bonds. The normalized spacial score (nSPS) is 11.2. The summed E-state index contributed by atoms with van der Waals surface area (Å²) in [6, 6.07) is 5.91. The first-order valence-corrected chi connectivity index (χ1v) is 8.63. The van der Waals surface area contributed by atoms with E-state index in [-0.39, 0.29) is 16.3 Å². The molecule has 25 heavy (non-hydrogen) atoms. The number of esters is 1. The molecule has 0 aliphatic rings. The van der Waals surface area contributed by atoms with E-state index in [1.165, 1.54) is 12.1 Å². The van der Waals surface area contributed by atoms with Crippen LogP contribution < -0.4 is 10.0 Å². The maximum atomic E-state index is 12.5. The van der Waals surface area contributed by atoms with E-state index in [1.54, 1.807) is 26.0 Å². The Morgan fingerprint density at radius 2 is 2.00 bits per heavy atom. The Morgan fingerprint density at radius 1 is 1.28 bits per heavy atom. The molecule has 2 N–H and O–H groups in total. The Kier molecular flexibility index (Phi) is 5.55. The number of carbonyl (C=O) groups excluding carboxylic acids is 2. The number of rotatable bonds is 6. The summed E-state index contributed by atoms with van der Waals surface area (Å²) < 4.78 is 36.6. The van der Waals surface area contributed by atoms with Crippen LogP contribution in [0.25, 0.3) is 0 Å². The summed E-state index contributed by atoms with van der Waals surface area (Å²) >= 11 is 0. The second-order valence-corrected chi connectivity index (χ2v) is 6.84. The van der Waals surface area contributed by atoms with Crippen LogP contribution in [0.1, 0.15) is 21.7 Å². The highest BCUT2D eigenvalue weighted by Crippen LogP contribution is 2.21. The Hall–Kier alpha value is -2.72. The number of methoxy groups -OCH3 is 1. The van der Waals surface area contributed by atoms with Crippen molar-refractivity contribution in [2.24, 2.45) is 0 Å². The van der Waals surface area contributed by atoms with Gasteiger partial charge >= 0.3 is 5.97 Å². The molecule has 1 aromatic carbocycles. The zero-order chi connectivity index (χ0) is 18.6. The zero-order valence-electron chi connectivity index (χ0n) is 13.8. The van der Waals surface area contributed by atoms with Crippen LogP contribution in [0.15, 0.2) is 33.7 Å². The lowest BCUT2D eigenvalue weighted by atomic mass is 10.1. The second kappa shape index (κ2) is 7.45. The van der Waals surface area contributed by atoms with Gasteiger partial charge in [-0.1, -0.05) is 17.3 Å². The Balaban J connectivity index is 2.17. The third-order valence-corrected chi connectivity index (χ3v) is 4.81. The van der Waals surface area contributed by atoms with Crippen molar-refractivity contribution in [3.8, 4) is 0 Å². The molecule has 0 aliphatic heterocycles. The van der Waals surface area contributed by atoms with Gasteiger partial charge in [0.25, 0.3) is 0 Å². The van der Waals surface area contributed by atoms with Crippen molar-refractivity contribution in [2.45, 2.75) is 18.7 Å². The van der Waals surface area contributed by atoms with Crippen LogP contribution in [0.4, 0.5) is 5.82 Å². The first-order valence-electron chi connectivity index (χ1n) is 7.15. The summed E-state index contributed by atoms with van der Waals surface area (Å²) in [7, 11) is -2.96. The average Bonchev–Trinajstić information content (AvgIpc) is 2.96. The molecule has 0 saturated heterocycles. The summed E-state index contributed by atoms with van der Waals surface area (Å²) in [5, 5.41) is 5.96. The Labute approximate surface area is 144 Å². The topological polar surface area (TPSA) is 128 Å². The first-order chi connectivity index (χ1) is 11.7. The van der Waals surface area contributed by atoms with Gasteiger partial charge in [-0.15, -0.1) is 0 Å². The van der Waals surface area contributed by atoms with Gasteiger partial charge in [-0.25, -0.2) is 17.9 Å². The minimum Gasteiger partial charge on any atom is -0.465 e. The lowest BCUT2D eigenvalue weighted by Gasteiger charge is -2.12. The van der Waals surface area contributed by atoms with Crippen LogP contribution in [-0.4, -0.2) is 39.1 Å². The van der Waals surface area contributed by atoms with E-state index in [0.717, 1.165) is 7.11 Å². The Bertz CT molecular complexity index is 904. The molecule has 0 radical (unpaired) electrons. The highest BCUT2D eigenvalue weighted by atomic mass is 32.2. The number of aryl methyl sites for hydroxylation is 2. The summed E-state index contributed by atoms with van der Waals surface area (Å²) in [6.45, 7) is 2.65. The van der Waals surface area contributed by atoms with Crippen LogP contribution in [0, 0.1) is 13.8 Å². The van der Waals surface area contributed by atoms with Crippen molar-refractivity contribution in [1.29, 1.82) is 0 Å². The third-order valence-electron chi connectivity index (χ3n) is 3.20. The fourth-order valence-electron chi connectivity index (χ4n) is 2.12. The van der Waals surface area contributed by atoms with E-state index in [0.29, 0.717) is 11.3 Å². The fraction of sp³-hybridized carbons (Fsp3) is 0.267. The smallest absolute Gasteiger partial charge is 0.339 e. The third kappa shape index (κ3) is 4.43. The maximum absolute atomic E-state index is 12.5. The van der Waals surface area contributed by atoms with Gasteiger partial charge < -0.3 is 14.6 Å². The number of hydrogen-bond donors (Lipinski definition) is 2. The molecule has 0 aliphatic carbocycles. The first kappa shape index (κ1) is 18.6. The summed E-state index contributed by atoms with van der Waals surface area (Å²) in [6.07, 6.45) is 0. The SMILES string of the molecule is COC(=O)c1cccc(C)c1S(=O)(=O)NCC(=O)Nc1cc(C)on1. The number of sulfonamides is 1. The summed E-state index contributed by atoms with van der Waals surface area (Å²) in [4.78, 5) is 23.4. The number of amides is 1. The van der Waals surface area contributed by atoms with E-state index in [1.807, 2.05) is 0 Å². The van der Waals surface area contributed by atoms with Crippen molar-refractivity contribution >= 4 is 27.7 Å². The zero-order valence-corrected chi connectivity index (χ0v) is 14.6. The lowest BCUT2D eigenvalue weighted by molar-refractivity contribution is -0.115. The minimum absolute atomic E-state index is 0.109. The number of hydrogen-bond acceptors (Lipinski definition) is 7. The molecule has 0 saturated carbocycles. The molecule has 0 spiro atoms. The van der Waals surface area contributed by atoms with Crippen LogP contribution >= 0.6 is 0 Å². The van der Waals surface area contributed by atoms with Crippen molar-refractivity contribution in [3.63, 3.8) is 0 Å². The monoisotopic (exact) mass is 367 g/mol. The van der Waals surface area contributed by atoms with Crippen molar-refractivity contribution < 1.29 is 27.3 Å². The molecule has 2 aromatic rings. The van der Waals surface area contributed by atoms with Gasteiger partial charge in [0.15, 0.2) is 5.82 Å². The van der Waals surface area contributed by atoms with E-state index in [9.17, 15) is 18.0 Å². The molecule has 2 rings (SSSR count). The molecular formula is C15H17N3O6S. The van der Waals surface area contributed by atoms with E-state index in [4.69, 9.17) is 4.52 Å². The molecular weight excluding hydrogens is 350 g/mol. The molecule has 0 atom stereocenters. The fourth-order valence-corrected chi connectivity index (χ4v) is 3.52. The number of benzene rings is 1. The molecule has 9 nitrogen and oxygen atoms in total. The van der Waals surface area contributed by atoms with Gasteiger partial charge in [0.05, 0.1) is 24.1 Å². The molecule has 1 heterocycles. The summed E-state index contributed by atoms with van der Waals surface area (Å²) in [5.41, 5.74) is 0.241. The van der Waals surface area contributed by atoms with E-state index >= 15 is 0 Å². The highest BCUT2D eigenvalue weighted by Gasteiger charge is 2.25. The van der Waals surface area contributed by atoms with Gasteiger partial charge in [-0.2, -0.15) is 0 Å². The standard InChI is InChI=1S/C15H17N3O6S/c1-9-5-4-6-11(15(20)23-3)14(9)25(21,22)16-8-13(19)17-12-7-10(2)24-18-12/h4-7,16H,8H2,1-3H3,(H,17,18,19). The van der Waals surface area contributed by atoms with Crippen molar-refractivity contribution in [2.75, 3.05) is 19.0 Å². The van der Waals surface area contributed by atoms with Gasteiger partial charge in [0, 0.05) is 6.07 Å². The van der Waals surface area contributed by atoms with Gasteiger partial charge in [-0.05, 0) is 25.5 Å². The molecule has 10 heteroatoms. The molecule has 1 aromatic heterocycles.